The van der Waals surface area contributed by atoms with Gasteiger partial charge in [-0.2, -0.15) is 0 Å². The fraction of sp³-hybridized carbons (Fsp3) is 0.235. The molecule has 1 amide bonds. The molecule has 0 heterocycles. The quantitative estimate of drug-likeness (QED) is 0.570. The molecule has 8 heteroatoms. The molecule has 0 unspecified atom stereocenters. The number of nitro groups is 1. The molecule has 0 aliphatic heterocycles. The second-order valence-corrected chi connectivity index (χ2v) is 7.18. The van der Waals surface area contributed by atoms with Crippen LogP contribution in [0.3, 0.4) is 0 Å². The van der Waals surface area contributed by atoms with Crippen molar-refractivity contribution in [3.63, 3.8) is 0 Å². The minimum Gasteiger partial charge on any atom is -0.346 e. The topological polar surface area (TPSA) is 76.7 Å². The molecular weight excluding hydrogens is 362 g/mol. The van der Waals surface area contributed by atoms with Gasteiger partial charge in [0.1, 0.15) is 0 Å². The zero-order valence-corrected chi connectivity index (χ0v) is 15.5. The maximum atomic E-state index is 12.2. The molecule has 132 valence electrons. The van der Waals surface area contributed by atoms with Crippen LogP contribution in [0.15, 0.2) is 52.3 Å². The summed E-state index contributed by atoms with van der Waals surface area (Å²) >= 11 is 7.32. The fourth-order valence-electron chi connectivity index (χ4n) is 2.06. The van der Waals surface area contributed by atoms with Crippen molar-refractivity contribution in [2.45, 2.75) is 9.79 Å². The molecule has 6 nitrogen and oxygen atoms in total. The number of hydrogen-bond donors (Lipinski definition) is 2. The third kappa shape index (κ3) is 5.45. The van der Waals surface area contributed by atoms with E-state index in [-0.39, 0.29) is 17.2 Å². The number of hydrogen-bond acceptors (Lipinski definition) is 4. The highest BCUT2D eigenvalue weighted by molar-refractivity contribution is 7.99. The van der Waals surface area contributed by atoms with E-state index in [2.05, 4.69) is 5.32 Å². The van der Waals surface area contributed by atoms with E-state index in [1.807, 2.05) is 20.2 Å². The van der Waals surface area contributed by atoms with Crippen LogP contribution in [-0.4, -0.2) is 38.0 Å². The number of nitrogens with one attached hydrogen (secondary N) is 2. The molecule has 0 aliphatic rings. The Morgan fingerprint density at radius 3 is 2.60 bits per heavy atom. The molecule has 0 aliphatic carbocycles. The van der Waals surface area contributed by atoms with Gasteiger partial charge in [0.2, 0.25) is 0 Å². The first-order chi connectivity index (χ1) is 11.9. The average molecular weight is 381 g/mol. The van der Waals surface area contributed by atoms with Crippen molar-refractivity contribution in [2.24, 2.45) is 0 Å². The van der Waals surface area contributed by atoms with Crippen molar-refractivity contribution in [2.75, 3.05) is 27.2 Å². The van der Waals surface area contributed by atoms with E-state index in [1.165, 1.54) is 22.7 Å². The molecule has 0 fully saturated rings. The Bertz CT molecular complexity index is 783. The van der Waals surface area contributed by atoms with Gasteiger partial charge in [0.15, 0.2) is 0 Å². The van der Waals surface area contributed by atoms with Crippen LogP contribution in [-0.2, 0) is 0 Å². The summed E-state index contributed by atoms with van der Waals surface area (Å²) in [5, 5.41) is 14.7. The Hall–Kier alpha value is -2.09. The van der Waals surface area contributed by atoms with Crippen LogP contribution in [0.25, 0.3) is 0 Å². The Morgan fingerprint density at radius 1 is 1.24 bits per heavy atom. The summed E-state index contributed by atoms with van der Waals surface area (Å²) in [6.07, 6.45) is 0. The summed E-state index contributed by atoms with van der Waals surface area (Å²) in [5.74, 6) is -0.321. The molecule has 2 aromatic rings. The molecule has 0 saturated heterocycles. The van der Waals surface area contributed by atoms with Crippen molar-refractivity contribution >= 4 is 35.0 Å². The molecule has 25 heavy (non-hydrogen) atoms. The van der Waals surface area contributed by atoms with Crippen LogP contribution >= 0.6 is 23.4 Å². The molecule has 0 atom stereocenters. The summed E-state index contributed by atoms with van der Waals surface area (Å²) in [6.45, 7) is 1.28. The fourth-order valence-corrected chi connectivity index (χ4v) is 3.24. The third-order valence-electron chi connectivity index (χ3n) is 3.38. The maximum Gasteiger partial charge on any atom is 0.284 e. The van der Waals surface area contributed by atoms with Crippen molar-refractivity contribution in [1.29, 1.82) is 0 Å². The number of quaternary nitrogens is 1. The molecule has 2 N–H and O–H groups in total. The van der Waals surface area contributed by atoms with Crippen molar-refractivity contribution in [3.8, 4) is 0 Å². The lowest BCUT2D eigenvalue weighted by molar-refractivity contribution is -0.856. The first-order valence-corrected chi connectivity index (χ1v) is 8.86. The van der Waals surface area contributed by atoms with Gasteiger partial charge in [-0.15, -0.1) is 0 Å². The summed E-state index contributed by atoms with van der Waals surface area (Å²) in [5.41, 5.74) is 0.153. The van der Waals surface area contributed by atoms with Crippen LogP contribution in [0.1, 0.15) is 10.4 Å². The molecule has 0 spiro atoms. The minimum atomic E-state index is -0.486. The highest BCUT2D eigenvalue weighted by atomic mass is 35.5. The lowest BCUT2D eigenvalue weighted by Gasteiger charge is -2.09. The van der Waals surface area contributed by atoms with Gasteiger partial charge in [-0.1, -0.05) is 35.5 Å². The van der Waals surface area contributed by atoms with E-state index in [1.54, 1.807) is 30.3 Å². The first-order valence-electron chi connectivity index (χ1n) is 7.66. The maximum absolute atomic E-state index is 12.2. The van der Waals surface area contributed by atoms with Gasteiger partial charge in [0.25, 0.3) is 11.6 Å². The zero-order chi connectivity index (χ0) is 18.4. The third-order valence-corrected chi connectivity index (χ3v) is 4.97. The highest BCUT2D eigenvalue weighted by Gasteiger charge is 2.19. The first kappa shape index (κ1) is 19.2. The molecule has 0 saturated carbocycles. The van der Waals surface area contributed by atoms with Crippen LogP contribution < -0.4 is 10.2 Å². The van der Waals surface area contributed by atoms with Gasteiger partial charge < -0.3 is 10.2 Å². The number of rotatable bonds is 7. The molecule has 2 rings (SSSR count). The number of nitro benzene ring substituents is 1. The van der Waals surface area contributed by atoms with Crippen LogP contribution in [0.2, 0.25) is 5.02 Å². The smallest absolute Gasteiger partial charge is 0.284 e. The zero-order valence-electron chi connectivity index (χ0n) is 13.9. The number of amides is 1. The summed E-state index contributed by atoms with van der Waals surface area (Å²) in [7, 11) is 3.97. The number of likely N-dealkylation sites (N-methyl/N-ethyl adjacent to an activating group) is 1. The number of benzene rings is 2. The average Bonchev–Trinajstić information content (AvgIpc) is 2.56. The largest absolute Gasteiger partial charge is 0.346 e. The van der Waals surface area contributed by atoms with Gasteiger partial charge >= 0.3 is 0 Å². The van der Waals surface area contributed by atoms with Gasteiger partial charge in [-0.05, 0) is 24.3 Å². The number of carbonyl (C=O) groups excluding carboxylic acids is 1. The van der Waals surface area contributed by atoms with E-state index in [0.717, 1.165) is 11.4 Å². The predicted molar refractivity (Wildman–Crippen MR) is 98.7 cm³/mol. The van der Waals surface area contributed by atoms with Gasteiger partial charge in [0, 0.05) is 16.5 Å². The number of halogens is 1. The normalized spacial score (nSPS) is 10.7. The van der Waals surface area contributed by atoms with Crippen molar-refractivity contribution in [3.05, 3.63) is 63.2 Å². The number of nitrogens with zero attached hydrogens (tertiary/aromatic N) is 1. The standard InChI is InChI=1S/C17H18ClN3O3S/c1-20(2)10-9-19-17(22)12-7-8-16(14(11-12)21(23)24)25-15-6-4-3-5-13(15)18/h3-8,11H,9-10H2,1-2H3,(H,19,22)/p+1. The molecule has 0 radical (unpaired) electrons. The predicted octanol–water partition coefficient (Wildman–Crippen LogP) is 2.27. The Kier molecular flexibility index (Phi) is 6.81. The Morgan fingerprint density at radius 2 is 1.96 bits per heavy atom. The number of carbonyl (C=O) groups is 1. The second kappa shape index (κ2) is 8.84. The van der Waals surface area contributed by atoms with Gasteiger partial charge in [0.05, 0.1) is 42.0 Å². The van der Waals surface area contributed by atoms with Crippen LogP contribution in [0.5, 0.6) is 0 Å². The summed E-state index contributed by atoms with van der Waals surface area (Å²) in [4.78, 5) is 25.4. The van der Waals surface area contributed by atoms with Crippen LogP contribution in [0, 0.1) is 10.1 Å². The van der Waals surface area contributed by atoms with E-state index in [9.17, 15) is 14.9 Å². The SMILES string of the molecule is C[NH+](C)CCNC(=O)c1ccc(Sc2ccccc2Cl)c([N+](=O)[O-])c1. The highest BCUT2D eigenvalue weighted by Crippen LogP contribution is 2.38. The lowest BCUT2D eigenvalue weighted by Crippen LogP contribution is -3.06. The van der Waals surface area contributed by atoms with Crippen molar-refractivity contribution in [1.82, 2.24) is 5.32 Å². The second-order valence-electron chi connectivity index (χ2n) is 5.69. The van der Waals surface area contributed by atoms with Gasteiger partial charge in [-0.25, -0.2) is 0 Å². The summed E-state index contributed by atoms with van der Waals surface area (Å²) in [6, 6.07) is 11.6. The Balaban J connectivity index is 2.21. The summed E-state index contributed by atoms with van der Waals surface area (Å²) < 4.78 is 0. The Labute approximate surface area is 155 Å². The van der Waals surface area contributed by atoms with E-state index in [0.29, 0.717) is 16.5 Å². The monoisotopic (exact) mass is 380 g/mol. The molecule has 0 aromatic heterocycles. The van der Waals surface area contributed by atoms with Crippen molar-refractivity contribution < 1.29 is 14.6 Å². The molecular formula is C17H19ClN3O3S+. The van der Waals surface area contributed by atoms with Gasteiger partial charge in [-0.3, -0.25) is 14.9 Å². The minimum absolute atomic E-state index is 0.115. The van der Waals surface area contributed by atoms with Crippen LogP contribution in [0.4, 0.5) is 5.69 Å². The molecule has 0 bridgehead atoms. The molecule has 2 aromatic carbocycles. The lowest BCUT2D eigenvalue weighted by atomic mass is 10.2. The van der Waals surface area contributed by atoms with E-state index in [4.69, 9.17) is 11.6 Å². The van der Waals surface area contributed by atoms with E-state index >= 15 is 0 Å². The van der Waals surface area contributed by atoms with E-state index < -0.39 is 4.92 Å².